The summed E-state index contributed by atoms with van der Waals surface area (Å²) >= 11 is 0. The van der Waals surface area contributed by atoms with Gasteiger partial charge >= 0.3 is 5.97 Å². The average molecular weight is 217 g/mol. The zero-order valence-corrected chi connectivity index (χ0v) is 9.95. The van der Waals surface area contributed by atoms with Crippen LogP contribution in [0.2, 0.25) is 0 Å². The first-order chi connectivity index (χ1) is 7.10. The lowest BCUT2D eigenvalue weighted by atomic mass is 10.1. The topological polar surface area (TPSA) is 58.6 Å². The SMILES string of the molecule is CCOC(=O)CC(C)NC(C)CCCO. The van der Waals surface area contributed by atoms with Gasteiger partial charge in [0.25, 0.3) is 0 Å². The van der Waals surface area contributed by atoms with Crippen molar-refractivity contribution >= 4 is 5.97 Å². The molecular weight excluding hydrogens is 194 g/mol. The van der Waals surface area contributed by atoms with Gasteiger partial charge in [0.2, 0.25) is 0 Å². The van der Waals surface area contributed by atoms with Crippen LogP contribution in [0.5, 0.6) is 0 Å². The Balaban J connectivity index is 3.62. The molecule has 4 heteroatoms. The number of nitrogens with one attached hydrogen (secondary N) is 1. The maximum absolute atomic E-state index is 11.1. The van der Waals surface area contributed by atoms with Crippen LogP contribution in [-0.4, -0.2) is 36.4 Å². The van der Waals surface area contributed by atoms with Gasteiger partial charge < -0.3 is 15.2 Å². The fourth-order valence-corrected chi connectivity index (χ4v) is 1.50. The Bertz CT molecular complexity index is 173. The summed E-state index contributed by atoms with van der Waals surface area (Å²) in [5, 5.41) is 12.0. The van der Waals surface area contributed by atoms with E-state index in [0.29, 0.717) is 19.1 Å². The van der Waals surface area contributed by atoms with Crippen LogP contribution in [0, 0.1) is 0 Å². The summed E-state index contributed by atoms with van der Waals surface area (Å²) < 4.78 is 4.86. The number of carbonyl (C=O) groups is 1. The molecule has 0 heterocycles. The van der Waals surface area contributed by atoms with Crippen LogP contribution >= 0.6 is 0 Å². The van der Waals surface area contributed by atoms with E-state index in [1.165, 1.54) is 0 Å². The largest absolute Gasteiger partial charge is 0.466 e. The van der Waals surface area contributed by atoms with E-state index in [2.05, 4.69) is 12.2 Å². The maximum Gasteiger partial charge on any atom is 0.307 e. The number of hydrogen-bond acceptors (Lipinski definition) is 4. The lowest BCUT2D eigenvalue weighted by Crippen LogP contribution is -2.36. The zero-order valence-electron chi connectivity index (χ0n) is 9.95. The van der Waals surface area contributed by atoms with Gasteiger partial charge in [0.05, 0.1) is 13.0 Å². The Kier molecular flexibility index (Phi) is 8.33. The number of esters is 1. The molecule has 0 aliphatic heterocycles. The molecular formula is C11H23NO3. The maximum atomic E-state index is 11.1. The van der Waals surface area contributed by atoms with Gasteiger partial charge in [-0.05, 0) is 33.6 Å². The van der Waals surface area contributed by atoms with E-state index in [-0.39, 0.29) is 18.6 Å². The van der Waals surface area contributed by atoms with E-state index < -0.39 is 0 Å². The molecule has 0 aliphatic rings. The Morgan fingerprint density at radius 2 is 2.07 bits per heavy atom. The first-order valence-corrected chi connectivity index (χ1v) is 5.62. The molecule has 0 fully saturated rings. The van der Waals surface area contributed by atoms with Crippen LogP contribution in [0.3, 0.4) is 0 Å². The van der Waals surface area contributed by atoms with E-state index in [9.17, 15) is 4.79 Å². The molecule has 90 valence electrons. The van der Waals surface area contributed by atoms with Gasteiger partial charge in [0, 0.05) is 18.7 Å². The predicted molar refractivity (Wildman–Crippen MR) is 59.6 cm³/mol. The van der Waals surface area contributed by atoms with Crippen molar-refractivity contribution in [1.82, 2.24) is 5.32 Å². The Labute approximate surface area is 92.0 Å². The highest BCUT2D eigenvalue weighted by atomic mass is 16.5. The molecule has 0 aromatic rings. The standard InChI is InChI=1S/C11H23NO3/c1-4-15-11(14)8-10(3)12-9(2)6-5-7-13/h9-10,12-13H,4-8H2,1-3H3. The molecule has 2 N–H and O–H groups in total. The van der Waals surface area contributed by atoms with Gasteiger partial charge in [-0.25, -0.2) is 0 Å². The first-order valence-electron chi connectivity index (χ1n) is 5.62. The van der Waals surface area contributed by atoms with Crippen molar-refractivity contribution < 1.29 is 14.6 Å². The molecule has 0 amide bonds. The van der Waals surface area contributed by atoms with Crippen LogP contribution in [0.25, 0.3) is 0 Å². The highest BCUT2D eigenvalue weighted by molar-refractivity contribution is 5.69. The van der Waals surface area contributed by atoms with Gasteiger partial charge in [-0.3, -0.25) is 4.79 Å². The second-order valence-corrected chi connectivity index (χ2v) is 3.84. The van der Waals surface area contributed by atoms with Crippen LogP contribution in [0.15, 0.2) is 0 Å². The van der Waals surface area contributed by atoms with Crippen molar-refractivity contribution in [3.8, 4) is 0 Å². The van der Waals surface area contributed by atoms with Crippen LogP contribution in [-0.2, 0) is 9.53 Å². The summed E-state index contributed by atoms with van der Waals surface area (Å²) in [6, 6.07) is 0.444. The van der Waals surface area contributed by atoms with E-state index in [1.807, 2.05) is 6.92 Å². The van der Waals surface area contributed by atoms with Crippen LogP contribution in [0.4, 0.5) is 0 Å². The quantitative estimate of drug-likeness (QED) is 0.597. The molecule has 0 radical (unpaired) electrons. The van der Waals surface area contributed by atoms with Gasteiger partial charge in [0.1, 0.15) is 0 Å². The molecule has 0 saturated carbocycles. The molecule has 0 aromatic heterocycles. The lowest BCUT2D eigenvalue weighted by Gasteiger charge is -2.18. The minimum Gasteiger partial charge on any atom is -0.466 e. The van der Waals surface area contributed by atoms with Crippen LogP contribution < -0.4 is 5.32 Å². The summed E-state index contributed by atoms with van der Waals surface area (Å²) in [4.78, 5) is 11.1. The molecule has 4 nitrogen and oxygen atoms in total. The monoisotopic (exact) mass is 217 g/mol. The summed E-state index contributed by atoms with van der Waals surface area (Å²) in [5.41, 5.74) is 0. The first kappa shape index (κ1) is 14.4. The minimum atomic E-state index is -0.160. The van der Waals surface area contributed by atoms with Gasteiger partial charge in [-0.2, -0.15) is 0 Å². The molecule has 2 unspecified atom stereocenters. The highest BCUT2D eigenvalue weighted by Gasteiger charge is 2.11. The van der Waals surface area contributed by atoms with E-state index in [1.54, 1.807) is 6.92 Å². The molecule has 0 aliphatic carbocycles. The Hall–Kier alpha value is -0.610. The number of carbonyl (C=O) groups excluding carboxylic acids is 1. The average Bonchev–Trinajstić information content (AvgIpc) is 2.14. The van der Waals surface area contributed by atoms with Gasteiger partial charge in [-0.15, -0.1) is 0 Å². The number of rotatable bonds is 8. The van der Waals surface area contributed by atoms with E-state index in [0.717, 1.165) is 12.8 Å². The number of aliphatic hydroxyl groups excluding tert-OH is 1. The van der Waals surface area contributed by atoms with Crippen molar-refractivity contribution in [2.24, 2.45) is 0 Å². The van der Waals surface area contributed by atoms with Gasteiger partial charge in [-0.1, -0.05) is 0 Å². The van der Waals surface area contributed by atoms with Crippen molar-refractivity contribution in [3.05, 3.63) is 0 Å². The number of hydrogen-bond donors (Lipinski definition) is 2. The second kappa shape index (κ2) is 8.68. The molecule has 0 bridgehead atoms. The van der Waals surface area contributed by atoms with Crippen molar-refractivity contribution in [3.63, 3.8) is 0 Å². The Morgan fingerprint density at radius 1 is 1.40 bits per heavy atom. The minimum absolute atomic E-state index is 0.123. The predicted octanol–water partition coefficient (Wildman–Crippen LogP) is 1.08. The smallest absolute Gasteiger partial charge is 0.307 e. The van der Waals surface area contributed by atoms with Crippen LogP contribution in [0.1, 0.15) is 40.0 Å². The van der Waals surface area contributed by atoms with E-state index in [4.69, 9.17) is 9.84 Å². The summed E-state index contributed by atoms with van der Waals surface area (Å²) in [7, 11) is 0. The van der Waals surface area contributed by atoms with Crippen molar-refractivity contribution in [1.29, 1.82) is 0 Å². The third-order valence-electron chi connectivity index (χ3n) is 2.14. The molecule has 2 atom stereocenters. The zero-order chi connectivity index (χ0) is 11.7. The highest BCUT2D eigenvalue weighted by Crippen LogP contribution is 2.00. The Morgan fingerprint density at radius 3 is 2.60 bits per heavy atom. The molecule has 0 spiro atoms. The number of aliphatic hydroxyl groups is 1. The van der Waals surface area contributed by atoms with Gasteiger partial charge in [0.15, 0.2) is 0 Å². The molecule has 0 aromatic carbocycles. The summed E-state index contributed by atoms with van der Waals surface area (Å²) in [6.45, 7) is 6.48. The van der Waals surface area contributed by atoms with Crippen molar-refractivity contribution in [2.45, 2.75) is 52.1 Å². The molecule has 15 heavy (non-hydrogen) atoms. The summed E-state index contributed by atoms with van der Waals surface area (Å²) in [5.74, 6) is -0.160. The summed E-state index contributed by atoms with van der Waals surface area (Å²) in [6.07, 6.45) is 2.11. The third-order valence-corrected chi connectivity index (χ3v) is 2.14. The lowest BCUT2D eigenvalue weighted by molar-refractivity contribution is -0.143. The molecule has 0 rings (SSSR count). The molecule has 0 saturated heterocycles. The fourth-order valence-electron chi connectivity index (χ4n) is 1.50. The van der Waals surface area contributed by atoms with Crippen molar-refractivity contribution in [2.75, 3.05) is 13.2 Å². The second-order valence-electron chi connectivity index (χ2n) is 3.84. The van der Waals surface area contributed by atoms with E-state index >= 15 is 0 Å². The third kappa shape index (κ3) is 8.39. The normalized spacial score (nSPS) is 14.7. The number of ether oxygens (including phenoxy) is 1. The fraction of sp³-hybridized carbons (Fsp3) is 0.909.